The molecule has 3 aromatic rings. The summed E-state index contributed by atoms with van der Waals surface area (Å²) in [5.74, 6) is 2.48. The molecule has 0 aliphatic carbocycles. The average molecular weight is 491 g/mol. The first-order valence-electron chi connectivity index (χ1n) is 11.9. The van der Waals surface area contributed by atoms with Gasteiger partial charge in [-0.15, -0.1) is 6.58 Å². The van der Waals surface area contributed by atoms with Gasteiger partial charge in [0.1, 0.15) is 18.1 Å². The summed E-state index contributed by atoms with van der Waals surface area (Å²) in [6.45, 7) is 6.65. The molecule has 0 N–H and O–H groups in total. The number of carbonyl (C=O) groups is 2. The molecule has 0 atom stereocenters. The van der Waals surface area contributed by atoms with Crippen LogP contribution in [0.3, 0.4) is 0 Å². The quantitative estimate of drug-likeness (QED) is 0.332. The van der Waals surface area contributed by atoms with Crippen LogP contribution in [0.4, 0.5) is 0 Å². The number of furan rings is 1. The van der Waals surface area contributed by atoms with Crippen LogP contribution in [0.1, 0.15) is 22.6 Å². The number of ether oxygens (including phenoxy) is 2. The van der Waals surface area contributed by atoms with Crippen LogP contribution >= 0.6 is 0 Å². The van der Waals surface area contributed by atoms with Gasteiger partial charge < -0.3 is 23.7 Å². The van der Waals surface area contributed by atoms with Gasteiger partial charge in [-0.1, -0.05) is 42.5 Å². The molecule has 3 rings (SSSR count). The molecular formula is C29H34N2O5. The number of rotatable bonds is 13. The van der Waals surface area contributed by atoms with Gasteiger partial charge in [0.05, 0.1) is 27.2 Å². The standard InChI is InChI=1S/C29H34N2O5/c1-5-16-30(28(32)19-23-9-7-6-8-10-23)21-29(33)31(20-25-13-11-22(2)36-25)17-15-24-12-14-26(34-3)27(18-24)35-4/h5-14,18H,1,15-17,19-21H2,2-4H3. The molecule has 0 radical (unpaired) electrons. The van der Waals surface area contributed by atoms with E-state index in [1.165, 1.54) is 0 Å². The van der Waals surface area contributed by atoms with E-state index in [4.69, 9.17) is 13.9 Å². The van der Waals surface area contributed by atoms with E-state index >= 15 is 0 Å². The highest BCUT2D eigenvalue weighted by molar-refractivity contribution is 5.86. The van der Waals surface area contributed by atoms with Gasteiger partial charge in [0, 0.05) is 13.1 Å². The second kappa shape index (κ2) is 13.2. The van der Waals surface area contributed by atoms with Crippen LogP contribution in [0.5, 0.6) is 11.5 Å². The lowest BCUT2D eigenvalue weighted by molar-refractivity contribution is -0.140. The van der Waals surface area contributed by atoms with Crippen LogP contribution in [0.15, 0.2) is 77.7 Å². The zero-order valence-corrected chi connectivity index (χ0v) is 21.2. The summed E-state index contributed by atoms with van der Waals surface area (Å²) in [7, 11) is 3.19. The third-order valence-corrected chi connectivity index (χ3v) is 5.84. The number of hydrogen-bond donors (Lipinski definition) is 0. The van der Waals surface area contributed by atoms with Gasteiger partial charge in [-0.2, -0.15) is 0 Å². The molecule has 0 unspecified atom stereocenters. The van der Waals surface area contributed by atoms with Crippen molar-refractivity contribution in [2.24, 2.45) is 0 Å². The highest BCUT2D eigenvalue weighted by atomic mass is 16.5. The summed E-state index contributed by atoms with van der Waals surface area (Å²) < 4.78 is 16.5. The van der Waals surface area contributed by atoms with E-state index in [0.29, 0.717) is 43.3 Å². The van der Waals surface area contributed by atoms with E-state index in [2.05, 4.69) is 6.58 Å². The molecule has 7 nitrogen and oxygen atoms in total. The highest BCUT2D eigenvalue weighted by Gasteiger charge is 2.22. The first-order chi connectivity index (χ1) is 17.4. The molecule has 0 spiro atoms. The maximum atomic E-state index is 13.5. The van der Waals surface area contributed by atoms with Gasteiger partial charge in [-0.25, -0.2) is 0 Å². The molecule has 0 saturated carbocycles. The minimum absolute atomic E-state index is 0.0384. The molecule has 7 heteroatoms. The summed E-state index contributed by atoms with van der Waals surface area (Å²) in [5, 5.41) is 0. The maximum Gasteiger partial charge on any atom is 0.242 e. The van der Waals surface area contributed by atoms with Crippen molar-refractivity contribution < 1.29 is 23.5 Å². The predicted molar refractivity (Wildman–Crippen MR) is 139 cm³/mol. The first-order valence-corrected chi connectivity index (χ1v) is 11.9. The van der Waals surface area contributed by atoms with E-state index in [-0.39, 0.29) is 24.8 Å². The largest absolute Gasteiger partial charge is 0.493 e. The number of amides is 2. The summed E-state index contributed by atoms with van der Waals surface area (Å²) in [5.41, 5.74) is 1.91. The zero-order valence-electron chi connectivity index (χ0n) is 21.2. The number of aryl methyl sites for hydroxylation is 1. The van der Waals surface area contributed by atoms with Crippen molar-refractivity contribution in [2.45, 2.75) is 26.3 Å². The van der Waals surface area contributed by atoms with Crippen LogP contribution < -0.4 is 9.47 Å². The highest BCUT2D eigenvalue weighted by Crippen LogP contribution is 2.27. The number of nitrogens with zero attached hydrogens (tertiary/aromatic N) is 2. The maximum absolute atomic E-state index is 13.5. The van der Waals surface area contributed by atoms with Gasteiger partial charge in [0.25, 0.3) is 0 Å². The van der Waals surface area contributed by atoms with Gasteiger partial charge in [0.2, 0.25) is 11.8 Å². The lowest BCUT2D eigenvalue weighted by atomic mass is 10.1. The SMILES string of the molecule is C=CCN(CC(=O)N(CCc1ccc(OC)c(OC)c1)Cc1ccc(C)o1)C(=O)Cc1ccccc1. The Kier molecular flexibility index (Phi) is 9.74. The van der Waals surface area contributed by atoms with Crippen molar-refractivity contribution in [1.82, 2.24) is 9.80 Å². The van der Waals surface area contributed by atoms with Crippen LogP contribution in [-0.2, 0) is 29.0 Å². The molecular weight excluding hydrogens is 456 g/mol. The number of benzene rings is 2. The Labute approximate surface area is 212 Å². The molecule has 36 heavy (non-hydrogen) atoms. The molecule has 2 amide bonds. The first kappa shape index (κ1) is 26.6. The number of methoxy groups -OCH3 is 2. The molecule has 0 fully saturated rings. The van der Waals surface area contributed by atoms with E-state index in [9.17, 15) is 9.59 Å². The summed E-state index contributed by atoms with van der Waals surface area (Å²) in [4.78, 5) is 29.7. The molecule has 2 aromatic carbocycles. The Bertz CT molecular complexity index is 1160. The van der Waals surface area contributed by atoms with Crippen LogP contribution in [0.25, 0.3) is 0 Å². The normalized spacial score (nSPS) is 10.5. The van der Waals surface area contributed by atoms with E-state index in [1.807, 2.05) is 67.6 Å². The topological polar surface area (TPSA) is 72.2 Å². The Morgan fingerprint density at radius 3 is 2.31 bits per heavy atom. The molecule has 0 aliphatic heterocycles. The Hall–Kier alpha value is -4.00. The Morgan fingerprint density at radius 2 is 1.67 bits per heavy atom. The van der Waals surface area contributed by atoms with E-state index in [0.717, 1.165) is 16.9 Å². The molecule has 0 saturated heterocycles. The third kappa shape index (κ3) is 7.50. The second-order valence-electron chi connectivity index (χ2n) is 8.49. The van der Waals surface area contributed by atoms with E-state index < -0.39 is 0 Å². The fourth-order valence-electron chi connectivity index (χ4n) is 3.91. The fourth-order valence-corrected chi connectivity index (χ4v) is 3.91. The van der Waals surface area contributed by atoms with Crippen LogP contribution in [-0.4, -0.2) is 55.5 Å². The van der Waals surface area contributed by atoms with Crippen molar-refractivity contribution in [1.29, 1.82) is 0 Å². The zero-order chi connectivity index (χ0) is 25.9. The Morgan fingerprint density at radius 1 is 0.917 bits per heavy atom. The Balaban J connectivity index is 1.74. The van der Waals surface area contributed by atoms with Gasteiger partial charge >= 0.3 is 0 Å². The van der Waals surface area contributed by atoms with Crippen molar-refractivity contribution in [3.05, 3.63) is 96.0 Å². The number of hydrogen-bond acceptors (Lipinski definition) is 5. The van der Waals surface area contributed by atoms with Crippen molar-refractivity contribution >= 4 is 11.8 Å². The monoisotopic (exact) mass is 490 g/mol. The molecule has 0 aliphatic rings. The van der Waals surface area contributed by atoms with Gasteiger partial charge in [-0.3, -0.25) is 9.59 Å². The third-order valence-electron chi connectivity index (χ3n) is 5.84. The van der Waals surface area contributed by atoms with Crippen molar-refractivity contribution in [3.8, 4) is 11.5 Å². The predicted octanol–water partition coefficient (Wildman–Crippen LogP) is 4.43. The molecule has 0 bridgehead atoms. The minimum atomic E-state index is -0.159. The summed E-state index contributed by atoms with van der Waals surface area (Å²) in [6, 6.07) is 19.0. The van der Waals surface area contributed by atoms with Crippen LogP contribution in [0.2, 0.25) is 0 Å². The average Bonchev–Trinajstić information content (AvgIpc) is 3.30. The summed E-state index contributed by atoms with van der Waals surface area (Å²) >= 11 is 0. The van der Waals surface area contributed by atoms with E-state index in [1.54, 1.807) is 30.1 Å². The molecule has 190 valence electrons. The van der Waals surface area contributed by atoms with Gasteiger partial charge in [0.15, 0.2) is 11.5 Å². The number of carbonyl (C=O) groups excluding carboxylic acids is 2. The minimum Gasteiger partial charge on any atom is -0.493 e. The lowest BCUT2D eigenvalue weighted by Gasteiger charge is -2.27. The smallest absolute Gasteiger partial charge is 0.242 e. The molecule has 1 aromatic heterocycles. The van der Waals surface area contributed by atoms with Crippen molar-refractivity contribution in [2.75, 3.05) is 33.9 Å². The van der Waals surface area contributed by atoms with Gasteiger partial charge in [-0.05, 0) is 48.7 Å². The summed E-state index contributed by atoms with van der Waals surface area (Å²) in [6.07, 6.45) is 2.47. The molecule has 1 heterocycles. The van der Waals surface area contributed by atoms with Crippen molar-refractivity contribution in [3.63, 3.8) is 0 Å². The second-order valence-corrected chi connectivity index (χ2v) is 8.49. The van der Waals surface area contributed by atoms with Crippen LogP contribution in [0, 0.1) is 6.92 Å². The fraction of sp³-hybridized carbons (Fsp3) is 0.310. The lowest BCUT2D eigenvalue weighted by Crippen LogP contribution is -2.44.